The Labute approximate surface area is 94.9 Å². The van der Waals surface area contributed by atoms with Crippen molar-refractivity contribution in [3.05, 3.63) is 35.9 Å². The van der Waals surface area contributed by atoms with Crippen LogP contribution in [0.3, 0.4) is 0 Å². The van der Waals surface area contributed by atoms with Crippen molar-refractivity contribution < 1.29 is 0 Å². The summed E-state index contributed by atoms with van der Waals surface area (Å²) in [5.41, 5.74) is 1.46. The molecule has 0 aliphatic carbocycles. The Morgan fingerprint density at radius 2 is 1.69 bits per heavy atom. The van der Waals surface area contributed by atoms with E-state index in [-0.39, 0.29) is 0 Å². The lowest BCUT2D eigenvalue weighted by Crippen LogP contribution is -2.11. The zero-order chi connectivity index (χ0) is 9.68. The van der Waals surface area contributed by atoms with Crippen LogP contribution in [-0.4, -0.2) is 4.43 Å². The minimum atomic E-state index is 0.791. The molecule has 0 amide bonds. The molecule has 1 rings (SSSR count). The van der Waals surface area contributed by atoms with Crippen molar-refractivity contribution >= 4 is 22.6 Å². The van der Waals surface area contributed by atoms with E-state index >= 15 is 0 Å². The maximum atomic E-state index is 2.47. The first-order valence-electron chi connectivity index (χ1n) is 4.84. The van der Waals surface area contributed by atoms with Gasteiger partial charge in [-0.2, -0.15) is 0 Å². The lowest BCUT2D eigenvalue weighted by molar-refractivity contribution is 0.428. The van der Waals surface area contributed by atoms with Crippen LogP contribution in [0.1, 0.15) is 19.4 Å². The first-order chi connectivity index (χ1) is 6.24. The monoisotopic (exact) mass is 288 g/mol. The van der Waals surface area contributed by atoms with Gasteiger partial charge in [0.1, 0.15) is 0 Å². The van der Waals surface area contributed by atoms with Crippen molar-refractivity contribution in [1.82, 2.24) is 0 Å². The Morgan fingerprint density at radius 3 is 2.23 bits per heavy atom. The fraction of sp³-hybridized carbons (Fsp3) is 0.500. The molecule has 0 aromatic heterocycles. The number of halogens is 1. The van der Waals surface area contributed by atoms with E-state index in [1.54, 1.807) is 0 Å². The molecule has 1 aromatic rings. The highest BCUT2D eigenvalue weighted by Gasteiger charge is 2.10. The number of alkyl halides is 1. The second-order valence-corrected chi connectivity index (χ2v) is 4.68. The molecule has 13 heavy (non-hydrogen) atoms. The summed E-state index contributed by atoms with van der Waals surface area (Å²) in [6.45, 7) is 4.68. The molecule has 0 spiro atoms. The highest BCUT2D eigenvalue weighted by Crippen LogP contribution is 2.18. The summed E-state index contributed by atoms with van der Waals surface area (Å²) >= 11 is 2.47. The first kappa shape index (κ1) is 11.0. The van der Waals surface area contributed by atoms with Crippen molar-refractivity contribution in [1.29, 1.82) is 0 Å². The number of rotatable bonds is 4. The molecule has 2 atom stereocenters. The van der Waals surface area contributed by atoms with Gasteiger partial charge in [0.15, 0.2) is 0 Å². The van der Waals surface area contributed by atoms with Crippen molar-refractivity contribution in [2.75, 3.05) is 4.43 Å². The van der Waals surface area contributed by atoms with Crippen LogP contribution in [-0.2, 0) is 6.42 Å². The van der Waals surface area contributed by atoms with E-state index in [2.05, 4.69) is 66.8 Å². The zero-order valence-corrected chi connectivity index (χ0v) is 10.5. The Kier molecular flexibility index (Phi) is 4.78. The quantitative estimate of drug-likeness (QED) is 0.581. The molecule has 1 heteroatoms. The van der Waals surface area contributed by atoms with Crippen LogP contribution >= 0.6 is 22.6 Å². The minimum Gasteiger partial charge on any atom is -0.0861 e. The van der Waals surface area contributed by atoms with Crippen LogP contribution < -0.4 is 0 Å². The van der Waals surface area contributed by atoms with Gasteiger partial charge in [-0.25, -0.2) is 0 Å². The van der Waals surface area contributed by atoms with Crippen LogP contribution in [0, 0.1) is 11.8 Å². The van der Waals surface area contributed by atoms with Gasteiger partial charge in [0.05, 0.1) is 0 Å². The summed E-state index contributed by atoms with van der Waals surface area (Å²) in [5.74, 6) is 1.61. The lowest BCUT2D eigenvalue weighted by atomic mass is 9.91. The summed E-state index contributed by atoms with van der Waals surface area (Å²) in [5, 5.41) is 0. The third kappa shape index (κ3) is 3.67. The third-order valence-corrected chi connectivity index (χ3v) is 4.00. The maximum absolute atomic E-state index is 2.47. The molecular weight excluding hydrogens is 271 g/mol. The van der Waals surface area contributed by atoms with Crippen LogP contribution in [0.15, 0.2) is 30.3 Å². The topological polar surface area (TPSA) is 0 Å². The van der Waals surface area contributed by atoms with E-state index in [1.807, 2.05) is 0 Å². The van der Waals surface area contributed by atoms with Crippen LogP contribution in [0.25, 0.3) is 0 Å². The molecule has 0 bridgehead atoms. The molecule has 0 saturated carbocycles. The summed E-state index contributed by atoms with van der Waals surface area (Å²) in [6.07, 6.45) is 1.21. The molecule has 72 valence electrons. The Hall–Kier alpha value is -0.0500. The number of hydrogen-bond acceptors (Lipinski definition) is 0. The Balaban J connectivity index is 2.50. The molecule has 0 heterocycles. The summed E-state index contributed by atoms with van der Waals surface area (Å²) in [4.78, 5) is 0. The molecule has 0 fully saturated rings. The zero-order valence-electron chi connectivity index (χ0n) is 8.33. The van der Waals surface area contributed by atoms with Gasteiger partial charge in [0.25, 0.3) is 0 Å². The molecular formula is C12H17I. The van der Waals surface area contributed by atoms with E-state index in [1.165, 1.54) is 16.4 Å². The van der Waals surface area contributed by atoms with Gasteiger partial charge in [0, 0.05) is 4.43 Å². The summed E-state index contributed by atoms with van der Waals surface area (Å²) in [7, 11) is 0. The Morgan fingerprint density at radius 1 is 1.08 bits per heavy atom. The highest BCUT2D eigenvalue weighted by atomic mass is 127. The standard InChI is InChI=1S/C12H17I/c1-10(11(2)9-13)8-12-6-4-3-5-7-12/h3-7,10-11H,8-9H2,1-2H3. The average molecular weight is 288 g/mol. The van der Waals surface area contributed by atoms with Gasteiger partial charge in [-0.3, -0.25) is 0 Å². The van der Waals surface area contributed by atoms with Crippen molar-refractivity contribution in [3.8, 4) is 0 Å². The van der Waals surface area contributed by atoms with E-state index in [0.717, 1.165) is 11.8 Å². The smallest absolute Gasteiger partial charge is 0.00237 e. The van der Waals surface area contributed by atoms with E-state index in [4.69, 9.17) is 0 Å². The van der Waals surface area contributed by atoms with E-state index < -0.39 is 0 Å². The predicted molar refractivity (Wildman–Crippen MR) is 67.4 cm³/mol. The largest absolute Gasteiger partial charge is 0.0861 e. The van der Waals surface area contributed by atoms with Gasteiger partial charge in [-0.05, 0) is 23.8 Å². The SMILES string of the molecule is CC(CI)C(C)Cc1ccccc1. The third-order valence-electron chi connectivity index (χ3n) is 2.62. The molecule has 1 aromatic carbocycles. The van der Waals surface area contributed by atoms with Gasteiger partial charge in [0.2, 0.25) is 0 Å². The van der Waals surface area contributed by atoms with Crippen LogP contribution in [0.2, 0.25) is 0 Å². The lowest BCUT2D eigenvalue weighted by Gasteiger charge is -2.17. The van der Waals surface area contributed by atoms with Crippen molar-refractivity contribution in [2.24, 2.45) is 11.8 Å². The fourth-order valence-electron chi connectivity index (χ4n) is 1.34. The maximum Gasteiger partial charge on any atom is 0.00237 e. The molecule has 0 N–H and O–H groups in total. The molecule has 0 nitrogen and oxygen atoms in total. The minimum absolute atomic E-state index is 0.791. The number of hydrogen-bond donors (Lipinski definition) is 0. The normalized spacial score (nSPS) is 15.3. The molecule has 0 saturated heterocycles. The van der Waals surface area contributed by atoms with Crippen molar-refractivity contribution in [3.63, 3.8) is 0 Å². The van der Waals surface area contributed by atoms with Gasteiger partial charge in [-0.15, -0.1) is 0 Å². The molecule has 0 aliphatic heterocycles. The summed E-state index contributed by atoms with van der Waals surface area (Å²) < 4.78 is 1.26. The first-order valence-corrected chi connectivity index (χ1v) is 6.36. The van der Waals surface area contributed by atoms with Gasteiger partial charge < -0.3 is 0 Å². The second kappa shape index (κ2) is 5.63. The average Bonchev–Trinajstić information content (AvgIpc) is 2.18. The van der Waals surface area contributed by atoms with E-state index in [9.17, 15) is 0 Å². The molecule has 0 aliphatic rings. The second-order valence-electron chi connectivity index (χ2n) is 3.80. The molecule has 2 unspecified atom stereocenters. The predicted octanol–water partition coefficient (Wildman–Crippen LogP) is 3.94. The van der Waals surface area contributed by atoms with Crippen LogP contribution in [0.5, 0.6) is 0 Å². The van der Waals surface area contributed by atoms with E-state index in [0.29, 0.717) is 0 Å². The molecule has 0 radical (unpaired) electrons. The van der Waals surface area contributed by atoms with Gasteiger partial charge in [-0.1, -0.05) is 66.8 Å². The Bertz CT molecular complexity index is 230. The fourth-order valence-corrected chi connectivity index (χ4v) is 2.21. The van der Waals surface area contributed by atoms with Gasteiger partial charge >= 0.3 is 0 Å². The van der Waals surface area contributed by atoms with Crippen molar-refractivity contribution in [2.45, 2.75) is 20.3 Å². The highest BCUT2D eigenvalue weighted by molar-refractivity contribution is 14.1. The van der Waals surface area contributed by atoms with Crippen LogP contribution in [0.4, 0.5) is 0 Å². The number of benzene rings is 1. The summed E-state index contributed by atoms with van der Waals surface area (Å²) in [6, 6.07) is 10.8.